The van der Waals surface area contributed by atoms with Crippen LogP contribution >= 0.6 is 0 Å². The van der Waals surface area contributed by atoms with Crippen LogP contribution in [0, 0.1) is 0 Å². The molecule has 0 radical (unpaired) electrons. The molecule has 1 aliphatic heterocycles. The Morgan fingerprint density at radius 3 is 3.00 bits per heavy atom. The zero-order valence-electron chi connectivity index (χ0n) is 13.3. The molecule has 8 nitrogen and oxygen atoms in total. The minimum atomic E-state index is 0.143. The zero-order chi connectivity index (χ0) is 15.6. The van der Waals surface area contributed by atoms with E-state index in [1.54, 1.807) is 13.4 Å². The first-order valence-electron chi connectivity index (χ1n) is 8.28. The monoisotopic (exact) mass is 318 g/mol. The van der Waals surface area contributed by atoms with Crippen molar-refractivity contribution in [1.82, 2.24) is 30.2 Å². The highest BCUT2D eigenvalue weighted by Crippen LogP contribution is 2.34. The number of rotatable bonds is 5. The summed E-state index contributed by atoms with van der Waals surface area (Å²) in [5.74, 6) is 2.88. The molecule has 0 spiro atoms. The summed E-state index contributed by atoms with van der Waals surface area (Å²) in [5, 5.41) is 11.1. The van der Waals surface area contributed by atoms with Gasteiger partial charge in [0.2, 0.25) is 5.89 Å². The average molecular weight is 318 g/mol. The third-order valence-electron chi connectivity index (χ3n) is 4.99. The quantitative estimate of drug-likeness (QED) is 0.898. The van der Waals surface area contributed by atoms with Crippen molar-refractivity contribution in [1.29, 1.82) is 0 Å². The van der Waals surface area contributed by atoms with Crippen LogP contribution in [0.4, 0.5) is 0 Å². The van der Waals surface area contributed by atoms with Crippen LogP contribution in [0.1, 0.15) is 61.6 Å². The first kappa shape index (κ1) is 14.8. The predicted octanol–water partition coefficient (Wildman–Crippen LogP) is 1.81. The van der Waals surface area contributed by atoms with Crippen molar-refractivity contribution >= 4 is 0 Å². The molecule has 23 heavy (non-hydrogen) atoms. The van der Waals surface area contributed by atoms with Gasteiger partial charge in [-0.15, -0.1) is 0 Å². The Morgan fingerprint density at radius 2 is 2.26 bits per heavy atom. The van der Waals surface area contributed by atoms with Crippen LogP contribution in [0.5, 0.6) is 0 Å². The van der Waals surface area contributed by atoms with E-state index in [1.165, 1.54) is 25.7 Å². The maximum absolute atomic E-state index is 5.52. The van der Waals surface area contributed by atoms with Crippen LogP contribution in [0.3, 0.4) is 0 Å². The van der Waals surface area contributed by atoms with E-state index >= 15 is 0 Å². The molecule has 0 bridgehead atoms. The molecule has 1 saturated heterocycles. The summed E-state index contributed by atoms with van der Waals surface area (Å²) in [7, 11) is 1.75. The topological polar surface area (TPSA) is 93.0 Å². The Kier molecular flexibility index (Phi) is 4.09. The molecular formula is C15H22N6O2. The minimum Gasteiger partial charge on any atom is -0.380 e. The van der Waals surface area contributed by atoms with E-state index in [4.69, 9.17) is 9.26 Å². The molecule has 0 aromatic carbocycles. The van der Waals surface area contributed by atoms with Gasteiger partial charge in [0.1, 0.15) is 12.2 Å². The third kappa shape index (κ3) is 3.00. The van der Waals surface area contributed by atoms with Gasteiger partial charge < -0.3 is 9.26 Å². The van der Waals surface area contributed by atoms with Crippen LogP contribution in [-0.2, 0) is 11.3 Å². The number of ether oxygens (including phenoxy) is 1. The van der Waals surface area contributed by atoms with Gasteiger partial charge in [-0.3, -0.25) is 10.00 Å². The molecule has 8 heteroatoms. The maximum Gasteiger partial charge on any atom is 0.240 e. The lowest BCUT2D eigenvalue weighted by atomic mass is 10.1. The van der Waals surface area contributed by atoms with Crippen molar-refractivity contribution in [2.24, 2.45) is 0 Å². The number of hydrogen-bond acceptors (Lipinski definition) is 7. The van der Waals surface area contributed by atoms with E-state index in [2.05, 4.69) is 30.2 Å². The second-order valence-electron chi connectivity index (χ2n) is 6.44. The number of aromatic nitrogens is 5. The second-order valence-corrected chi connectivity index (χ2v) is 6.44. The van der Waals surface area contributed by atoms with E-state index in [9.17, 15) is 0 Å². The molecule has 2 aromatic heterocycles. The van der Waals surface area contributed by atoms with E-state index in [1.807, 2.05) is 0 Å². The molecular weight excluding hydrogens is 296 g/mol. The SMILES string of the molecule is CO[C@@H]1C[C@@H](c2ncn[nH]2)N(Cc2nc(C3CCCC3)no2)C1. The fourth-order valence-corrected chi connectivity index (χ4v) is 3.72. The number of likely N-dealkylation sites (tertiary alicyclic amines) is 1. The second kappa shape index (κ2) is 6.37. The first-order chi connectivity index (χ1) is 11.3. The first-order valence-corrected chi connectivity index (χ1v) is 8.28. The summed E-state index contributed by atoms with van der Waals surface area (Å²) in [4.78, 5) is 11.2. The summed E-state index contributed by atoms with van der Waals surface area (Å²) in [5.41, 5.74) is 0. The van der Waals surface area contributed by atoms with Crippen molar-refractivity contribution in [3.05, 3.63) is 23.9 Å². The Hall–Kier alpha value is -1.80. The van der Waals surface area contributed by atoms with Crippen molar-refractivity contribution in [3.8, 4) is 0 Å². The van der Waals surface area contributed by atoms with Crippen molar-refractivity contribution in [3.63, 3.8) is 0 Å². The average Bonchev–Trinajstić information content (AvgIpc) is 3.34. The standard InChI is InChI=1S/C15H22N6O2/c1-22-11-6-12(15-16-9-17-19-15)21(7-11)8-13-18-14(20-23-13)10-4-2-3-5-10/h9-12H,2-8H2,1H3,(H,16,17,19)/t11-,12+/m1/s1. The van der Waals surface area contributed by atoms with Crippen molar-refractivity contribution in [2.45, 2.75) is 56.7 Å². The lowest BCUT2D eigenvalue weighted by molar-refractivity contribution is 0.105. The van der Waals surface area contributed by atoms with Gasteiger partial charge in [0.15, 0.2) is 5.82 Å². The Labute approximate surface area is 134 Å². The summed E-state index contributed by atoms with van der Waals surface area (Å²) in [6.45, 7) is 1.44. The lowest BCUT2D eigenvalue weighted by Gasteiger charge is -2.19. The van der Waals surface area contributed by atoms with Crippen LogP contribution in [0.25, 0.3) is 0 Å². The summed E-state index contributed by atoms with van der Waals surface area (Å²) in [6, 6.07) is 0.143. The molecule has 1 aliphatic carbocycles. The van der Waals surface area contributed by atoms with Crippen LogP contribution in [0.2, 0.25) is 0 Å². The fraction of sp³-hybridized carbons (Fsp3) is 0.733. The minimum absolute atomic E-state index is 0.143. The predicted molar refractivity (Wildman–Crippen MR) is 80.5 cm³/mol. The number of nitrogens with zero attached hydrogens (tertiary/aromatic N) is 5. The Bertz CT molecular complexity index is 622. The van der Waals surface area contributed by atoms with E-state index in [0.717, 1.165) is 24.6 Å². The lowest BCUT2D eigenvalue weighted by Crippen LogP contribution is -2.25. The van der Waals surface area contributed by atoms with Crippen molar-refractivity contribution in [2.75, 3.05) is 13.7 Å². The normalized spacial score (nSPS) is 26.3. The zero-order valence-corrected chi connectivity index (χ0v) is 13.3. The highest BCUT2D eigenvalue weighted by atomic mass is 16.5. The highest BCUT2D eigenvalue weighted by Gasteiger charge is 2.36. The molecule has 2 fully saturated rings. The van der Waals surface area contributed by atoms with E-state index in [-0.39, 0.29) is 12.1 Å². The van der Waals surface area contributed by atoms with Crippen LogP contribution in [-0.4, -0.2) is 50.0 Å². The molecule has 1 N–H and O–H groups in total. The van der Waals surface area contributed by atoms with Crippen LogP contribution in [0.15, 0.2) is 10.9 Å². The molecule has 1 saturated carbocycles. The van der Waals surface area contributed by atoms with Gasteiger partial charge in [0.25, 0.3) is 0 Å². The summed E-state index contributed by atoms with van der Waals surface area (Å²) < 4.78 is 11.0. The molecule has 2 atom stereocenters. The molecule has 2 aliphatic rings. The summed E-state index contributed by atoms with van der Waals surface area (Å²) >= 11 is 0. The summed E-state index contributed by atoms with van der Waals surface area (Å²) in [6.07, 6.45) is 7.49. The number of hydrogen-bond donors (Lipinski definition) is 1. The number of methoxy groups -OCH3 is 1. The van der Waals surface area contributed by atoms with Gasteiger partial charge in [-0.1, -0.05) is 18.0 Å². The van der Waals surface area contributed by atoms with Gasteiger partial charge in [-0.25, -0.2) is 4.98 Å². The molecule has 0 amide bonds. The number of aromatic amines is 1. The van der Waals surface area contributed by atoms with Gasteiger partial charge in [-0.2, -0.15) is 10.1 Å². The Balaban J connectivity index is 1.48. The van der Waals surface area contributed by atoms with E-state index in [0.29, 0.717) is 18.4 Å². The maximum atomic E-state index is 5.52. The smallest absolute Gasteiger partial charge is 0.240 e. The van der Waals surface area contributed by atoms with Gasteiger partial charge in [0.05, 0.1) is 18.7 Å². The molecule has 0 unspecified atom stereocenters. The van der Waals surface area contributed by atoms with E-state index < -0.39 is 0 Å². The number of nitrogens with one attached hydrogen (secondary N) is 1. The molecule has 124 valence electrons. The van der Waals surface area contributed by atoms with Crippen LogP contribution < -0.4 is 0 Å². The van der Waals surface area contributed by atoms with Crippen molar-refractivity contribution < 1.29 is 9.26 Å². The van der Waals surface area contributed by atoms with Gasteiger partial charge >= 0.3 is 0 Å². The molecule has 4 rings (SSSR count). The Morgan fingerprint density at radius 1 is 1.39 bits per heavy atom. The number of H-pyrrole nitrogens is 1. The molecule has 2 aromatic rings. The molecule has 3 heterocycles. The van der Waals surface area contributed by atoms with Gasteiger partial charge in [-0.05, 0) is 19.3 Å². The third-order valence-corrected chi connectivity index (χ3v) is 4.99. The largest absolute Gasteiger partial charge is 0.380 e. The fourth-order valence-electron chi connectivity index (χ4n) is 3.72. The van der Waals surface area contributed by atoms with Gasteiger partial charge in [0, 0.05) is 19.6 Å². The highest BCUT2D eigenvalue weighted by molar-refractivity contribution is 5.02.